The standard InChI is InChI=1S/C12H6Cl2O3S/c13-9-5-8(11(14)18-9)10(15)6-3-1-2-4-7(6)12(16)17/h1-5H,(H,16,17). The van der Waals surface area contributed by atoms with E-state index in [0.717, 1.165) is 11.3 Å². The third kappa shape index (κ3) is 2.41. The summed E-state index contributed by atoms with van der Waals surface area (Å²) in [4.78, 5) is 23.2. The molecule has 0 fully saturated rings. The predicted octanol–water partition coefficient (Wildman–Crippen LogP) is 3.98. The van der Waals surface area contributed by atoms with Gasteiger partial charge in [0.05, 0.1) is 15.5 Å². The Morgan fingerprint density at radius 3 is 2.17 bits per heavy atom. The number of carboxylic acid groups (broad SMARTS) is 1. The van der Waals surface area contributed by atoms with Crippen molar-refractivity contribution in [1.29, 1.82) is 0 Å². The topological polar surface area (TPSA) is 54.4 Å². The van der Waals surface area contributed by atoms with E-state index < -0.39 is 11.8 Å². The van der Waals surface area contributed by atoms with E-state index >= 15 is 0 Å². The highest BCUT2D eigenvalue weighted by Gasteiger charge is 2.21. The van der Waals surface area contributed by atoms with Crippen molar-refractivity contribution in [3.63, 3.8) is 0 Å². The first-order chi connectivity index (χ1) is 8.50. The van der Waals surface area contributed by atoms with Gasteiger partial charge >= 0.3 is 5.97 Å². The molecule has 1 heterocycles. The Labute approximate surface area is 117 Å². The summed E-state index contributed by atoms with van der Waals surface area (Å²) in [5, 5.41) is 9.03. The second-order valence-electron chi connectivity index (χ2n) is 3.42. The van der Waals surface area contributed by atoms with Crippen LogP contribution in [0.5, 0.6) is 0 Å². The second-order valence-corrected chi connectivity index (χ2v) is 5.70. The summed E-state index contributed by atoms with van der Waals surface area (Å²) in [6.45, 7) is 0. The van der Waals surface area contributed by atoms with Crippen LogP contribution in [-0.4, -0.2) is 16.9 Å². The first kappa shape index (κ1) is 13.1. The molecule has 3 nitrogen and oxygen atoms in total. The minimum Gasteiger partial charge on any atom is -0.478 e. The quantitative estimate of drug-likeness (QED) is 0.872. The van der Waals surface area contributed by atoms with Gasteiger partial charge in [0.25, 0.3) is 0 Å². The second kappa shape index (κ2) is 5.10. The van der Waals surface area contributed by atoms with Gasteiger partial charge in [0.1, 0.15) is 4.34 Å². The Bertz CT molecular complexity index is 634. The molecule has 1 aromatic carbocycles. The molecule has 0 saturated heterocycles. The van der Waals surface area contributed by atoms with Crippen LogP contribution in [0.2, 0.25) is 8.67 Å². The molecule has 92 valence electrons. The Morgan fingerprint density at radius 2 is 1.67 bits per heavy atom. The molecule has 0 radical (unpaired) electrons. The smallest absolute Gasteiger partial charge is 0.336 e. The van der Waals surface area contributed by atoms with Crippen LogP contribution in [0.4, 0.5) is 0 Å². The van der Waals surface area contributed by atoms with Crippen molar-refractivity contribution in [2.45, 2.75) is 0 Å². The maximum absolute atomic E-state index is 12.2. The number of carbonyl (C=O) groups is 2. The highest BCUT2D eigenvalue weighted by molar-refractivity contribution is 7.20. The molecule has 1 aromatic heterocycles. The Balaban J connectivity index is 2.53. The normalized spacial score (nSPS) is 10.3. The zero-order chi connectivity index (χ0) is 13.3. The van der Waals surface area contributed by atoms with E-state index in [1.807, 2.05) is 0 Å². The maximum atomic E-state index is 12.2. The van der Waals surface area contributed by atoms with Crippen LogP contribution >= 0.6 is 34.5 Å². The molecule has 2 aromatic rings. The summed E-state index contributed by atoms with van der Waals surface area (Å²) in [5.41, 5.74) is 0.266. The maximum Gasteiger partial charge on any atom is 0.336 e. The van der Waals surface area contributed by atoms with Gasteiger partial charge in [0.15, 0.2) is 5.78 Å². The molecule has 0 aliphatic rings. The van der Waals surface area contributed by atoms with Crippen LogP contribution < -0.4 is 0 Å². The monoisotopic (exact) mass is 300 g/mol. The lowest BCUT2D eigenvalue weighted by atomic mass is 10.0. The summed E-state index contributed by atoms with van der Waals surface area (Å²) in [5.74, 6) is -1.60. The highest BCUT2D eigenvalue weighted by atomic mass is 35.5. The van der Waals surface area contributed by atoms with Crippen LogP contribution in [0.1, 0.15) is 26.3 Å². The fraction of sp³-hybridized carbons (Fsp3) is 0. The van der Waals surface area contributed by atoms with E-state index in [9.17, 15) is 9.59 Å². The van der Waals surface area contributed by atoms with Crippen LogP contribution in [0, 0.1) is 0 Å². The van der Waals surface area contributed by atoms with Gasteiger partial charge < -0.3 is 5.11 Å². The van der Waals surface area contributed by atoms with Crippen LogP contribution in [0.15, 0.2) is 30.3 Å². The van der Waals surface area contributed by atoms with Gasteiger partial charge in [-0.3, -0.25) is 4.79 Å². The number of carbonyl (C=O) groups excluding carboxylic acids is 1. The number of halogens is 2. The Hall–Kier alpha value is -1.36. The fourth-order valence-electron chi connectivity index (χ4n) is 1.51. The average Bonchev–Trinajstić information content (AvgIpc) is 2.67. The number of rotatable bonds is 3. The molecule has 0 atom stereocenters. The molecule has 1 N–H and O–H groups in total. The number of benzene rings is 1. The lowest BCUT2D eigenvalue weighted by Gasteiger charge is -2.03. The molecule has 2 rings (SSSR count). The molecule has 0 aliphatic carbocycles. The number of hydrogen-bond donors (Lipinski definition) is 1. The number of thiophene rings is 1. The molecule has 0 spiro atoms. The van der Waals surface area contributed by atoms with Gasteiger partial charge in [-0.1, -0.05) is 41.4 Å². The van der Waals surface area contributed by atoms with E-state index in [1.54, 1.807) is 12.1 Å². The van der Waals surface area contributed by atoms with E-state index in [4.69, 9.17) is 28.3 Å². The van der Waals surface area contributed by atoms with Crippen molar-refractivity contribution >= 4 is 46.3 Å². The molecule has 6 heteroatoms. The third-order valence-corrected chi connectivity index (χ3v) is 3.79. The number of hydrogen-bond acceptors (Lipinski definition) is 3. The van der Waals surface area contributed by atoms with Crippen molar-refractivity contribution < 1.29 is 14.7 Å². The van der Waals surface area contributed by atoms with E-state index in [1.165, 1.54) is 18.2 Å². The zero-order valence-electron chi connectivity index (χ0n) is 8.81. The van der Waals surface area contributed by atoms with Crippen molar-refractivity contribution in [3.8, 4) is 0 Å². The van der Waals surface area contributed by atoms with Crippen LogP contribution in [0.3, 0.4) is 0 Å². The van der Waals surface area contributed by atoms with Gasteiger partial charge in [0.2, 0.25) is 0 Å². The largest absolute Gasteiger partial charge is 0.478 e. The summed E-state index contributed by atoms with van der Waals surface area (Å²) < 4.78 is 0.640. The van der Waals surface area contributed by atoms with Crippen LogP contribution in [-0.2, 0) is 0 Å². The SMILES string of the molecule is O=C(O)c1ccccc1C(=O)c1cc(Cl)sc1Cl. The molecular formula is C12H6Cl2O3S. The van der Waals surface area contributed by atoms with Gasteiger partial charge in [-0.15, -0.1) is 11.3 Å². The predicted molar refractivity (Wildman–Crippen MR) is 71.2 cm³/mol. The van der Waals surface area contributed by atoms with E-state index in [-0.39, 0.29) is 21.0 Å². The van der Waals surface area contributed by atoms with E-state index in [0.29, 0.717) is 4.34 Å². The first-order valence-corrected chi connectivity index (χ1v) is 6.40. The highest BCUT2D eigenvalue weighted by Crippen LogP contribution is 2.33. The van der Waals surface area contributed by atoms with E-state index in [2.05, 4.69) is 0 Å². The first-order valence-electron chi connectivity index (χ1n) is 4.82. The van der Waals surface area contributed by atoms with Gasteiger partial charge in [-0.05, 0) is 12.1 Å². The summed E-state index contributed by atoms with van der Waals surface area (Å²) in [7, 11) is 0. The summed E-state index contributed by atoms with van der Waals surface area (Å²) in [6, 6.07) is 7.42. The van der Waals surface area contributed by atoms with Crippen LogP contribution in [0.25, 0.3) is 0 Å². The fourth-order valence-corrected chi connectivity index (χ4v) is 2.97. The van der Waals surface area contributed by atoms with Crippen molar-refractivity contribution in [2.75, 3.05) is 0 Å². The molecule has 0 amide bonds. The minimum absolute atomic E-state index is 0.0547. The lowest BCUT2D eigenvalue weighted by Crippen LogP contribution is -2.09. The molecule has 0 unspecified atom stereocenters. The molecular weight excluding hydrogens is 295 g/mol. The Kier molecular flexibility index (Phi) is 3.71. The van der Waals surface area contributed by atoms with Gasteiger partial charge in [-0.2, -0.15) is 0 Å². The summed E-state index contributed by atoms with van der Waals surface area (Å²) >= 11 is 12.7. The Morgan fingerprint density at radius 1 is 1.06 bits per heavy atom. The van der Waals surface area contributed by atoms with Gasteiger partial charge in [0, 0.05) is 5.56 Å². The lowest BCUT2D eigenvalue weighted by molar-refractivity contribution is 0.0693. The number of carboxylic acids is 1. The minimum atomic E-state index is -1.16. The molecule has 0 aliphatic heterocycles. The average molecular weight is 301 g/mol. The number of ketones is 1. The molecule has 0 saturated carbocycles. The number of aromatic carboxylic acids is 1. The third-order valence-electron chi connectivity index (χ3n) is 2.30. The van der Waals surface area contributed by atoms with Crippen molar-refractivity contribution in [2.24, 2.45) is 0 Å². The summed E-state index contributed by atoms with van der Waals surface area (Å²) in [6.07, 6.45) is 0. The molecule has 18 heavy (non-hydrogen) atoms. The molecule has 0 bridgehead atoms. The van der Waals surface area contributed by atoms with Crippen molar-refractivity contribution in [1.82, 2.24) is 0 Å². The van der Waals surface area contributed by atoms with Crippen molar-refractivity contribution in [3.05, 3.63) is 55.7 Å². The zero-order valence-corrected chi connectivity index (χ0v) is 11.1. The van der Waals surface area contributed by atoms with Gasteiger partial charge in [-0.25, -0.2) is 4.79 Å².